The van der Waals surface area contributed by atoms with Gasteiger partial charge in [0.05, 0.1) is 23.5 Å². The molecule has 2 fully saturated rings. The largest absolute Gasteiger partial charge is 0.393 e. The van der Waals surface area contributed by atoms with Gasteiger partial charge in [0.15, 0.2) is 0 Å². The second-order valence-electron chi connectivity index (χ2n) is 11.7. The first kappa shape index (κ1) is 24.9. The van der Waals surface area contributed by atoms with Crippen molar-refractivity contribution in [1.82, 2.24) is 15.1 Å². The molecule has 1 aromatic carbocycles. The summed E-state index contributed by atoms with van der Waals surface area (Å²) in [6, 6.07) is 5.73. The highest BCUT2D eigenvalue weighted by Crippen LogP contribution is 2.57. The lowest BCUT2D eigenvalue weighted by atomic mass is 9.55. The summed E-state index contributed by atoms with van der Waals surface area (Å²) in [6.07, 6.45) is 9.89. The zero-order chi connectivity index (χ0) is 25.8. The molecule has 0 spiro atoms. The van der Waals surface area contributed by atoms with E-state index in [1.807, 2.05) is 17.0 Å². The van der Waals surface area contributed by atoms with Crippen molar-refractivity contribution in [1.29, 1.82) is 0 Å². The van der Waals surface area contributed by atoms with Crippen LogP contribution in [0.5, 0.6) is 0 Å². The molecule has 0 bridgehead atoms. The van der Waals surface area contributed by atoms with Crippen LogP contribution in [0.4, 0.5) is 17.6 Å². The Morgan fingerprint density at radius 2 is 1.84 bits per heavy atom. The number of halogens is 4. The van der Waals surface area contributed by atoms with Crippen LogP contribution in [0.2, 0.25) is 0 Å². The summed E-state index contributed by atoms with van der Waals surface area (Å²) in [4.78, 5) is 0. The normalized spacial score (nSPS) is 30.1. The van der Waals surface area contributed by atoms with Crippen molar-refractivity contribution in [2.75, 3.05) is 6.54 Å². The maximum absolute atomic E-state index is 14.2. The Balaban J connectivity index is 1.30. The predicted octanol–water partition coefficient (Wildman–Crippen LogP) is 7.41. The topological polar surface area (TPSA) is 29.9 Å². The van der Waals surface area contributed by atoms with Gasteiger partial charge >= 0.3 is 6.18 Å². The lowest BCUT2D eigenvalue weighted by Crippen LogP contribution is -2.54. The zero-order valence-corrected chi connectivity index (χ0v) is 21.3. The van der Waals surface area contributed by atoms with Crippen LogP contribution in [-0.4, -0.2) is 28.5 Å². The molecule has 4 atom stereocenters. The first-order valence-electron chi connectivity index (χ1n) is 13.8. The van der Waals surface area contributed by atoms with E-state index in [1.54, 1.807) is 12.1 Å². The molecule has 0 saturated heterocycles. The van der Waals surface area contributed by atoms with Crippen molar-refractivity contribution in [2.45, 2.75) is 76.9 Å². The van der Waals surface area contributed by atoms with E-state index < -0.39 is 18.1 Å². The predicted molar refractivity (Wildman–Crippen MR) is 137 cm³/mol. The number of rotatable bonds is 4. The van der Waals surface area contributed by atoms with Crippen LogP contribution in [0.1, 0.15) is 69.5 Å². The summed E-state index contributed by atoms with van der Waals surface area (Å²) >= 11 is 0. The van der Waals surface area contributed by atoms with E-state index in [9.17, 15) is 17.6 Å². The maximum atomic E-state index is 14.2. The molecule has 1 N–H and O–H groups in total. The Bertz CT molecular complexity index is 1200. The van der Waals surface area contributed by atoms with E-state index in [2.05, 4.69) is 23.4 Å². The fourth-order valence-electron chi connectivity index (χ4n) is 7.55. The molecule has 4 aliphatic rings. The molecular formula is C30H35F4N3. The van der Waals surface area contributed by atoms with Crippen molar-refractivity contribution in [2.24, 2.45) is 23.2 Å². The number of aromatic nitrogens is 2. The van der Waals surface area contributed by atoms with Gasteiger partial charge in [0.1, 0.15) is 5.82 Å². The van der Waals surface area contributed by atoms with E-state index >= 15 is 0 Å². The molecule has 198 valence electrons. The van der Waals surface area contributed by atoms with Crippen LogP contribution >= 0.6 is 0 Å². The van der Waals surface area contributed by atoms with Crippen LogP contribution in [0.3, 0.4) is 0 Å². The van der Waals surface area contributed by atoms with Gasteiger partial charge in [-0.1, -0.05) is 43.4 Å². The smallest absolute Gasteiger partial charge is 0.312 e. The SMILES string of the molecule is C[C@]12Cc3cnn(-c4ccc(F)cc4)c3C=C1CC[C@H]1C2=CC[C@@H](C(F)(F)F)[C@@H]1NCC1CCCCC1. The molecule has 0 aliphatic heterocycles. The molecule has 37 heavy (non-hydrogen) atoms. The highest BCUT2D eigenvalue weighted by atomic mass is 19.4. The number of alkyl halides is 3. The Morgan fingerprint density at radius 3 is 2.57 bits per heavy atom. The molecule has 1 heterocycles. The van der Waals surface area contributed by atoms with Crippen LogP contribution in [0.15, 0.2) is 47.7 Å². The summed E-state index contributed by atoms with van der Waals surface area (Å²) in [7, 11) is 0. The maximum Gasteiger partial charge on any atom is 0.393 e. The molecule has 2 saturated carbocycles. The molecule has 2 aromatic rings. The van der Waals surface area contributed by atoms with Crippen molar-refractivity contribution < 1.29 is 17.6 Å². The highest BCUT2D eigenvalue weighted by molar-refractivity contribution is 5.63. The standard InChI is InChI=1S/C30H35F4N3/c1-29-16-20-18-36-37(23-10-8-22(31)9-11-23)27(20)15-21(29)7-12-24-25(29)13-14-26(30(32,33)34)28(24)35-17-19-5-3-2-4-6-19/h8-11,13,15,18-19,24,26,28,35H,2-7,12,14,16-17H2,1H3/t24-,26+,28+,29-/m0/s1. The molecule has 0 radical (unpaired) electrons. The van der Waals surface area contributed by atoms with E-state index in [1.165, 1.54) is 42.5 Å². The first-order valence-corrected chi connectivity index (χ1v) is 13.8. The van der Waals surface area contributed by atoms with Crippen LogP contribution in [-0.2, 0) is 6.42 Å². The van der Waals surface area contributed by atoms with Gasteiger partial charge in [-0.05, 0) is 92.8 Å². The summed E-state index contributed by atoms with van der Waals surface area (Å²) in [6.45, 7) is 2.90. The fraction of sp³-hybridized carbons (Fsp3) is 0.567. The van der Waals surface area contributed by atoms with E-state index in [0.717, 1.165) is 49.0 Å². The minimum Gasteiger partial charge on any atom is -0.312 e. The quantitative estimate of drug-likeness (QED) is 0.341. The van der Waals surface area contributed by atoms with Crippen molar-refractivity contribution in [3.05, 3.63) is 64.8 Å². The van der Waals surface area contributed by atoms with Crippen LogP contribution in [0, 0.1) is 29.0 Å². The average Bonchev–Trinajstić information content (AvgIpc) is 3.28. The van der Waals surface area contributed by atoms with Gasteiger partial charge in [0.2, 0.25) is 0 Å². The lowest BCUT2D eigenvalue weighted by molar-refractivity contribution is -0.187. The van der Waals surface area contributed by atoms with Gasteiger partial charge < -0.3 is 5.32 Å². The minimum atomic E-state index is -4.21. The molecule has 3 nitrogen and oxygen atoms in total. The fourth-order valence-corrected chi connectivity index (χ4v) is 7.55. The lowest BCUT2D eigenvalue weighted by Gasteiger charge is -2.51. The Labute approximate surface area is 216 Å². The number of benzene rings is 1. The van der Waals surface area contributed by atoms with E-state index in [0.29, 0.717) is 12.5 Å². The van der Waals surface area contributed by atoms with E-state index in [4.69, 9.17) is 0 Å². The van der Waals surface area contributed by atoms with Gasteiger partial charge in [0.25, 0.3) is 0 Å². The number of hydrogen-bond acceptors (Lipinski definition) is 2. The molecule has 0 amide bonds. The van der Waals surface area contributed by atoms with Crippen LogP contribution < -0.4 is 5.32 Å². The highest BCUT2D eigenvalue weighted by Gasteiger charge is 2.54. The molecule has 6 rings (SSSR count). The van der Waals surface area contributed by atoms with Crippen molar-refractivity contribution in [3.63, 3.8) is 0 Å². The van der Waals surface area contributed by atoms with Gasteiger partial charge in [0, 0.05) is 11.5 Å². The molecular weight excluding hydrogens is 478 g/mol. The van der Waals surface area contributed by atoms with Gasteiger partial charge in [-0.15, -0.1) is 0 Å². The van der Waals surface area contributed by atoms with Crippen LogP contribution in [0.25, 0.3) is 11.8 Å². The number of fused-ring (bicyclic) bond motifs is 4. The summed E-state index contributed by atoms with van der Waals surface area (Å²) in [5, 5.41) is 8.08. The molecule has 1 aromatic heterocycles. The van der Waals surface area contributed by atoms with Gasteiger partial charge in [-0.3, -0.25) is 0 Å². The van der Waals surface area contributed by atoms with Gasteiger partial charge in [-0.25, -0.2) is 9.07 Å². The average molecular weight is 514 g/mol. The molecule has 4 aliphatic carbocycles. The Morgan fingerprint density at radius 1 is 1.08 bits per heavy atom. The molecule has 7 heteroatoms. The number of allylic oxidation sites excluding steroid dienone is 2. The van der Waals surface area contributed by atoms with Crippen molar-refractivity contribution >= 4 is 6.08 Å². The zero-order valence-electron chi connectivity index (χ0n) is 21.3. The Kier molecular flexibility index (Phi) is 6.33. The number of hydrogen-bond donors (Lipinski definition) is 1. The third kappa shape index (κ3) is 4.47. The van der Waals surface area contributed by atoms with Crippen molar-refractivity contribution in [3.8, 4) is 5.69 Å². The second kappa shape index (κ2) is 9.40. The monoisotopic (exact) mass is 513 g/mol. The summed E-state index contributed by atoms with van der Waals surface area (Å²) in [5.74, 6) is -1.25. The van der Waals surface area contributed by atoms with E-state index in [-0.39, 0.29) is 23.6 Å². The summed E-state index contributed by atoms with van der Waals surface area (Å²) < 4.78 is 58.0. The number of nitrogens with one attached hydrogen (secondary N) is 1. The second-order valence-corrected chi connectivity index (χ2v) is 11.7. The minimum absolute atomic E-state index is 0.0439. The number of nitrogens with zero attached hydrogens (tertiary/aromatic N) is 2. The Hall–Kier alpha value is -2.41. The third-order valence-electron chi connectivity index (χ3n) is 9.53. The first-order chi connectivity index (χ1) is 17.7. The molecule has 0 unspecified atom stereocenters. The third-order valence-corrected chi connectivity index (χ3v) is 9.53. The summed E-state index contributed by atoms with van der Waals surface area (Å²) in [5.41, 5.74) is 5.02. The van der Waals surface area contributed by atoms with Gasteiger partial charge in [-0.2, -0.15) is 18.3 Å².